The second-order valence-corrected chi connectivity index (χ2v) is 7.41. The highest BCUT2D eigenvalue weighted by molar-refractivity contribution is 5.75. The number of carbonyl (C=O) groups excluding carboxylic acids is 1. The smallest absolute Gasteiger partial charge is 0.220 e. The van der Waals surface area contributed by atoms with Gasteiger partial charge in [-0.1, -0.05) is 27.7 Å². The average Bonchev–Trinajstić information content (AvgIpc) is 2.44. The minimum atomic E-state index is 0.110. The van der Waals surface area contributed by atoms with Gasteiger partial charge in [-0.2, -0.15) is 0 Å². The normalized spacial score (nSPS) is 14.3. The van der Waals surface area contributed by atoms with Gasteiger partial charge in [0, 0.05) is 26.2 Å². The molecule has 0 aromatic heterocycles. The van der Waals surface area contributed by atoms with Gasteiger partial charge in [0.05, 0.1) is 12.2 Å². The van der Waals surface area contributed by atoms with Crippen LogP contribution in [-0.4, -0.2) is 37.9 Å². The molecule has 0 heterocycles. The molecule has 4 nitrogen and oxygen atoms in total. The first-order valence-corrected chi connectivity index (χ1v) is 9.31. The zero-order valence-electron chi connectivity index (χ0n) is 16.2. The van der Waals surface area contributed by atoms with Crippen molar-refractivity contribution in [2.45, 2.75) is 85.9 Å². The van der Waals surface area contributed by atoms with Crippen LogP contribution in [0.2, 0.25) is 0 Å². The minimum absolute atomic E-state index is 0.110. The van der Waals surface area contributed by atoms with Gasteiger partial charge >= 0.3 is 0 Å². The van der Waals surface area contributed by atoms with Crippen molar-refractivity contribution in [1.29, 1.82) is 0 Å². The summed E-state index contributed by atoms with van der Waals surface area (Å²) in [5.74, 6) is 1.44. The van der Waals surface area contributed by atoms with Gasteiger partial charge in [0.15, 0.2) is 0 Å². The highest BCUT2D eigenvalue weighted by Gasteiger charge is 2.08. The number of hydrogen-bond acceptors (Lipinski definition) is 3. The maximum atomic E-state index is 11.8. The largest absolute Gasteiger partial charge is 0.378 e. The van der Waals surface area contributed by atoms with Crippen LogP contribution in [0.5, 0.6) is 0 Å². The van der Waals surface area contributed by atoms with Crippen LogP contribution in [0.15, 0.2) is 0 Å². The zero-order valence-corrected chi connectivity index (χ0v) is 16.2. The molecule has 0 aromatic carbocycles. The van der Waals surface area contributed by atoms with Gasteiger partial charge in [-0.15, -0.1) is 0 Å². The van der Waals surface area contributed by atoms with Gasteiger partial charge in [-0.05, 0) is 51.4 Å². The predicted molar refractivity (Wildman–Crippen MR) is 96.6 cm³/mol. The Kier molecular flexibility index (Phi) is 13.4. The Morgan fingerprint density at radius 1 is 0.783 bits per heavy atom. The quantitative estimate of drug-likeness (QED) is 0.520. The van der Waals surface area contributed by atoms with Crippen LogP contribution < -0.4 is 5.32 Å². The van der Waals surface area contributed by atoms with Gasteiger partial charge in [0.25, 0.3) is 0 Å². The number of rotatable bonds is 14. The van der Waals surface area contributed by atoms with E-state index in [4.69, 9.17) is 9.47 Å². The molecule has 0 fully saturated rings. The fourth-order valence-corrected chi connectivity index (χ4v) is 2.01. The molecule has 0 aliphatic carbocycles. The predicted octanol–water partition coefficient (Wildman–Crippen LogP) is 4.18. The van der Waals surface area contributed by atoms with Gasteiger partial charge < -0.3 is 14.8 Å². The van der Waals surface area contributed by atoms with E-state index in [9.17, 15) is 4.79 Å². The highest BCUT2D eigenvalue weighted by Crippen LogP contribution is 2.06. The first-order valence-electron chi connectivity index (χ1n) is 9.31. The molecule has 0 aliphatic heterocycles. The van der Waals surface area contributed by atoms with Crippen molar-refractivity contribution in [2.24, 2.45) is 11.8 Å². The Morgan fingerprint density at radius 3 is 1.74 bits per heavy atom. The lowest BCUT2D eigenvalue weighted by Crippen LogP contribution is -2.28. The number of ether oxygens (including phenoxy) is 2. The number of amides is 1. The average molecular weight is 330 g/mol. The van der Waals surface area contributed by atoms with Crippen molar-refractivity contribution in [1.82, 2.24) is 5.32 Å². The standard InChI is InChI=1S/C19H39NO3/c1-15(2)10-13-22-17(5)7-8-19(21)20-12-9-18(6)23-14-11-16(3)4/h15-18H,7-14H2,1-6H3,(H,20,21). The van der Waals surface area contributed by atoms with E-state index in [-0.39, 0.29) is 18.1 Å². The molecule has 2 unspecified atom stereocenters. The van der Waals surface area contributed by atoms with E-state index in [1.165, 1.54) is 0 Å². The van der Waals surface area contributed by atoms with Crippen LogP contribution in [0, 0.1) is 11.8 Å². The van der Waals surface area contributed by atoms with E-state index in [2.05, 4.69) is 39.9 Å². The molecule has 1 amide bonds. The van der Waals surface area contributed by atoms with E-state index in [1.807, 2.05) is 6.92 Å². The first-order chi connectivity index (χ1) is 10.8. The monoisotopic (exact) mass is 329 g/mol. The zero-order chi connectivity index (χ0) is 17.7. The molecule has 2 atom stereocenters. The van der Waals surface area contributed by atoms with Crippen LogP contribution in [0.25, 0.3) is 0 Å². The van der Waals surface area contributed by atoms with Crippen molar-refractivity contribution in [3.63, 3.8) is 0 Å². The maximum Gasteiger partial charge on any atom is 0.220 e. The topological polar surface area (TPSA) is 47.6 Å². The molecule has 23 heavy (non-hydrogen) atoms. The molecule has 0 bridgehead atoms. The molecule has 0 spiro atoms. The summed E-state index contributed by atoms with van der Waals surface area (Å²) in [6, 6.07) is 0. The molecule has 0 aromatic rings. The Labute approximate surface area is 143 Å². The van der Waals surface area contributed by atoms with E-state index < -0.39 is 0 Å². The maximum absolute atomic E-state index is 11.8. The number of nitrogens with one attached hydrogen (secondary N) is 1. The van der Waals surface area contributed by atoms with Crippen LogP contribution in [0.3, 0.4) is 0 Å². The van der Waals surface area contributed by atoms with E-state index in [0.717, 1.165) is 38.9 Å². The Hall–Kier alpha value is -0.610. The summed E-state index contributed by atoms with van der Waals surface area (Å²) < 4.78 is 11.4. The Morgan fingerprint density at radius 2 is 1.26 bits per heavy atom. The molecule has 0 saturated carbocycles. The summed E-state index contributed by atoms with van der Waals surface area (Å²) in [7, 11) is 0. The van der Waals surface area contributed by atoms with Crippen LogP contribution in [0.4, 0.5) is 0 Å². The van der Waals surface area contributed by atoms with Crippen LogP contribution in [0.1, 0.15) is 73.6 Å². The summed E-state index contributed by atoms with van der Waals surface area (Å²) in [5, 5.41) is 2.97. The van der Waals surface area contributed by atoms with Crippen molar-refractivity contribution >= 4 is 5.91 Å². The van der Waals surface area contributed by atoms with E-state index >= 15 is 0 Å². The third-order valence-corrected chi connectivity index (χ3v) is 3.85. The van der Waals surface area contributed by atoms with Crippen molar-refractivity contribution < 1.29 is 14.3 Å². The molecule has 0 rings (SSSR count). The number of carbonyl (C=O) groups is 1. The second kappa shape index (κ2) is 13.8. The summed E-state index contributed by atoms with van der Waals surface area (Å²) >= 11 is 0. The van der Waals surface area contributed by atoms with Crippen LogP contribution >= 0.6 is 0 Å². The highest BCUT2D eigenvalue weighted by atomic mass is 16.5. The third-order valence-electron chi connectivity index (χ3n) is 3.85. The minimum Gasteiger partial charge on any atom is -0.378 e. The molecular formula is C19H39NO3. The molecular weight excluding hydrogens is 290 g/mol. The molecule has 0 saturated heterocycles. The summed E-state index contributed by atoms with van der Waals surface area (Å²) in [4.78, 5) is 11.8. The lowest BCUT2D eigenvalue weighted by Gasteiger charge is -2.15. The third kappa shape index (κ3) is 16.0. The Bertz CT molecular complexity index is 292. The van der Waals surface area contributed by atoms with Crippen molar-refractivity contribution in [3.05, 3.63) is 0 Å². The lowest BCUT2D eigenvalue weighted by molar-refractivity contribution is -0.121. The van der Waals surface area contributed by atoms with Gasteiger partial charge in [0.1, 0.15) is 0 Å². The van der Waals surface area contributed by atoms with E-state index in [1.54, 1.807) is 0 Å². The Balaban J connectivity index is 3.55. The van der Waals surface area contributed by atoms with Crippen molar-refractivity contribution in [2.75, 3.05) is 19.8 Å². The number of hydrogen-bond donors (Lipinski definition) is 1. The van der Waals surface area contributed by atoms with Gasteiger partial charge in [-0.3, -0.25) is 4.79 Å². The van der Waals surface area contributed by atoms with Gasteiger partial charge in [0.2, 0.25) is 5.91 Å². The van der Waals surface area contributed by atoms with Gasteiger partial charge in [-0.25, -0.2) is 0 Å². The SMILES string of the molecule is CC(C)CCOC(C)CCNC(=O)CCC(C)OCCC(C)C. The molecule has 138 valence electrons. The molecule has 0 radical (unpaired) electrons. The summed E-state index contributed by atoms with van der Waals surface area (Å²) in [6.07, 6.45) is 4.70. The molecule has 0 aliphatic rings. The summed E-state index contributed by atoms with van der Waals surface area (Å²) in [5.41, 5.74) is 0. The molecule has 1 N–H and O–H groups in total. The second-order valence-electron chi connectivity index (χ2n) is 7.41. The fourth-order valence-electron chi connectivity index (χ4n) is 2.01. The van der Waals surface area contributed by atoms with Crippen LogP contribution in [-0.2, 0) is 14.3 Å². The lowest BCUT2D eigenvalue weighted by atomic mass is 10.1. The molecule has 4 heteroatoms. The first kappa shape index (κ1) is 22.4. The van der Waals surface area contributed by atoms with Crippen molar-refractivity contribution in [3.8, 4) is 0 Å². The summed E-state index contributed by atoms with van der Waals surface area (Å²) in [6.45, 7) is 15.1. The fraction of sp³-hybridized carbons (Fsp3) is 0.947. The van der Waals surface area contributed by atoms with E-state index in [0.29, 0.717) is 24.8 Å².